The number of hydrogen-bond donors (Lipinski definition) is 1. The third-order valence-corrected chi connectivity index (χ3v) is 3.06. The van der Waals surface area contributed by atoms with Crippen molar-refractivity contribution in [3.05, 3.63) is 29.3 Å². The maximum Gasteiger partial charge on any atom is 0.337 e. The molecule has 0 bridgehead atoms. The highest BCUT2D eigenvalue weighted by Gasteiger charge is 2.23. The van der Waals surface area contributed by atoms with E-state index >= 15 is 0 Å². The minimum atomic E-state index is -0.873. The van der Waals surface area contributed by atoms with Crippen LogP contribution >= 0.6 is 0 Å². The van der Waals surface area contributed by atoms with Crippen LogP contribution < -0.4 is 4.90 Å². The smallest absolute Gasteiger partial charge is 0.337 e. The van der Waals surface area contributed by atoms with E-state index in [1.807, 2.05) is 26.0 Å². The summed E-state index contributed by atoms with van der Waals surface area (Å²) >= 11 is 0. The summed E-state index contributed by atoms with van der Waals surface area (Å²) in [5.41, 5.74) is 2.13. The largest absolute Gasteiger partial charge is 0.478 e. The number of hydrogen-bond acceptors (Lipinski definition) is 3. The predicted octanol–water partition coefficient (Wildman–Crippen LogP) is 1.92. The van der Waals surface area contributed by atoms with Gasteiger partial charge in [-0.2, -0.15) is 0 Å². The fourth-order valence-corrected chi connectivity index (χ4v) is 2.16. The second-order valence-corrected chi connectivity index (χ2v) is 4.44. The number of aromatic carboxylic acids is 1. The van der Waals surface area contributed by atoms with Crippen LogP contribution in [0.2, 0.25) is 0 Å². The van der Waals surface area contributed by atoms with Gasteiger partial charge in [-0.1, -0.05) is 11.6 Å². The van der Waals surface area contributed by atoms with Gasteiger partial charge < -0.3 is 14.7 Å². The van der Waals surface area contributed by atoms with E-state index in [1.165, 1.54) is 0 Å². The number of anilines is 1. The predicted molar refractivity (Wildman–Crippen MR) is 65.8 cm³/mol. The lowest BCUT2D eigenvalue weighted by atomic mass is 10.1. The molecule has 4 nitrogen and oxygen atoms in total. The Morgan fingerprint density at radius 1 is 1.53 bits per heavy atom. The molecule has 1 unspecified atom stereocenters. The lowest BCUT2D eigenvalue weighted by Gasteiger charge is -2.36. The Hall–Kier alpha value is -1.55. The zero-order valence-corrected chi connectivity index (χ0v) is 10.1. The summed E-state index contributed by atoms with van der Waals surface area (Å²) in [7, 11) is 0. The van der Waals surface area contributed by atoms with Crippen molar-refractivity contribution in [3.63, 3.8) is 0 Å². The normalized spacial score (nSPS) is 20.4. The average Bonchev–Trinajstić information content (AvgIpc) is 2.30. The fraction of sp³-hybridized carbons (Fsp3) is 0.462. The summed E-state index contributed by atoms with van der Waals surface area (Å²) in [6.45, 7) is 5.98. The van der Waals surface area contributed by atoms with Gasteiger partial charge in [0.2, 0.25) is 0 Å². The van der Waals surface area contributed by atoms with Crippen molar-refractivity contribution >= 4 is 11.7 Å². The highest BCUT2D eigenvalue weighted by Crippen LogP contribution is 2.25. The van der Waals surface area contributed by atoms with Gasteiger partial charge in [-0.05, 0) is 26.0 Å². The minimum absolute atomic E-state index is 0.213. The van der Waals surface area contributed by atoms with E-state index in [4.69, 9.17) is 4.74 Å². The molecule has 1 fully saturated rings. The van der Waals surface area contributed by atoms with Crippen molar-refractivity contribution in [1.82, 2.24) is 0 Å². The number of benzene rings is 1. The van der Waals surface area contributed by atoms with Gasteiger partial charge in [0, 0.05) is 12.6 Å². The van der Waals surface area contributed by atoms with Crippen LogP contribution in [0.1, 0.15) is 22.8 Å². The van der Waals surface area contributed by atoms with E-state index in [0.29, 0.717) is 18.8 Å². The van der Waals surface area contributed by atoms with E-state index in [-0.39, 0.29) is 6.04 Å². The van der Waals surface area contributed by atoms with E-state index in [1.54, 1.807) is 6.07 Å². The Kier molecular flexibility index (Phi) is 3.33. The molecule has 1 saturated heterocycles. The monoisotopic (exact) mass is 235 g/mol. The Labute approximate surface area is 101 Å². The van der Waals surface area contributed by atoms with Crippen LogP contribution in [0.3, 0.4) is 0 Å². The molecule has 0 spiro atoms. The van der Waals surface area contributed by atoms with Gasteiger partial charge in [0.25, 0.3) is 0 Å². The molecule has 1 heterocycles. The Balaban J connectivity index is 2.39. The quantitative estimate of drug-likeness (QED) is 0.850. The topological polar surface area (TPSA) is 49.8 Å². The Morgan fingerprint density at radius 2 is 2.29 bits per heavy atom. The zero-order valence-electron chi connectivity index (χ0n) is 10.1. The van der Waals surface area contributed by atoms with Crippen LogP contribution in [0.5, 0.6) is 0 Å². The molecule has 1 atom stereocenters. The lowest BCUT2D eigenvalue weighted by molar-refractivity contribution is 0.0694. The van der Waals surface area contributed by atoms with Crippen molar-refractivity contribution in [2.75, 3.05) is 24.7 Å². The van der Waals surface area contributed by atoms with E-state index in [9.17, 15) is 9.90 Å². The highest BCUT2D eigenvalue weighted by atomic mass is 16.5. The molecular formula is C13H17NO3. The van der Waals surface area contributed by atoms with Crippen molar-refractivity contribution in [2.24, 2.45) is 0 Å². The van der Waals surface area contributed by atoms with Gasteiger partial charge in [0.15, 0.2) is 0 Å². The van der Waals surface area contributed by atoms with Crippen LogP contribution in [0.25, 0.3) is 0 Å². The summed E-state index contributed by atoms with van der Waals surface area (Å²) in [4.78, 5) is 13.4. The molecule has 1 aromatic carbocycles. The Bertz CT molecular complexity index is 431. The van der Waals surface area contributed by atoms with Gasteiger partial charge in [0.05, 0.1) is 24.5 Å². The molecule has 1 aliphatic heterocycles. The molecule has 0 radical (unpaired) electrons. The number of morpholine rings is 1. The second-order valence-electron chi connectivity index (χ2n) is 4.44. The fourth-order valence-electron chi connectivity index (χ4n) is 2.16. The van der Waals surface area contributed by atoms with Crippen LogP contribution in [-0.2, 0) is 4.74 Å². The molecule has 0 amide bonds. The lowest BCUT2D eigenvalue weighted by Crippen LogP contribution is -2.44. The first kappa shape index (κ1) is 11.9. The SMILES string of the molecule is Cc1ccc(N2CCOCC2C)c(C(=O)O)c1. The number of rotatable bonds is 2. The van der Waals surface area contributed by atoms with Crippen molar-refractivity contribution in [2.45, 2.75) is 19.9 Å². The summed E-state index contributed by atoms with van der Waals surface area (Å²) in [6, 6.07) is 5.77. The summed E-state index contributed by atoms with van der Waals surface area (Å²) in [6.07, 6.45) is 0. The van der Waals surface area contributed by atoms with Gasteiger partial charge in [-0.3, -0.25) is 0 Å². The molecule has 2 rings (SSSR count). The number of carbonyl (C=O) groups is 1. The summed E-state index contributed by atoms with van der Waals surface area (Å²) < 4.78 is 5.37. The number of carboxylic acids is 1. The summed E-state index contributed by atoms with van der Waals surface area (Å²) in [5, 5.41) is 9.25. The number of aryl methyl sites for hydroxylation is 1. The summed E-state index contributed by atoms with van der Waals surface area (Å²) in [5.74, 6) is -0.873. The molecule has 1 N–H and O–H groups in total. The van der Waals surface area contributed by atoms with E-state index in [2.05, 4.69) is 4.90 Å². The molecular weight excluding hydrogens is 218 g/mol. The third kappa shape index (κ3) is 2.42. The van der Waals surface area contributed by atoms with Crippen LogP contribution in [0.15, 0.2) is 18.2 Å². The molecule has 92 valence electrons. The zero-order chi connectivity index (χ0) is 12.4. The Morgan fingerprint density at radius 3 is 2.94 bits per heavy atom. The van der Waals surface area contributed by atoms with Crippen molar-refractivity contribution in [3.8, 4) is 0 Å². The maximum absolute atomic E-state index is 11.3. The van der Waals surface area contributed by atoms with Crippen molar-refractivity contribution in [1.29, 1.82) is 0 Å². The average molecular weight is 235 g/mol. The van der Waals surface area contributed by atoms with Gasteiger partial charge in [-0.25, -0.2) is 4.79 Å². The van der Waals surface area contributed by atoms with Gasteiger partial charge in [0.1, 0.15) is 0 Å². The molecule has 1 aromatic rings. The van der Waals surface area contributed by atoms with Gasteiger partial charge >= 0.3 is 5.97 Å². The molecule has 1 aliphatic rings. The standard InChI is InChI=1S/C13H17NO3/c1-9-3-4-12(11(7-9)13(15)16)14-5-6-17-8-10(14)2/h3-4,7,10H,5-6,8H2,1-2H3,(H,15,16). The number of carboxylic acid groups (broad SMARTS) is 1. The first-order chi connectivity index (χ1) is 8.09. The van der Waals surface area contributed by atoms with E-state index in [0.717, 1.165) is 17.8 Å². The maximum atomic E-state index is 11.3. The minimum Gasteiger partial charge on any atom is -0.478 e. The molecule has 0 aliphatic carbocycles. The highest BCUT2D eigenvalue weighted by molar-refractivity contribution is 5.94. The van der Waals surface area contributed by atoms with Gasteiger partial charge in [-0.15, -0.1) is 0 Å². The molecule has 0 aromatic heterocycles. The number of ether oxygens (including phenoxy) is 1. The van der Waals surface area contributed by atoms with Crippen LogP contribution in [0, 0.1) is 6.92 Å². The molecule has 4 heteroatoms. The van der Waals surface area contributed by atoms with Crippen molar-refractivity contribution < 1.29 is 14.6 Å². The van der Waals surface area contributed by atoms with Crippen LogP contribution in [-0.4, -0.2) is 36.9 Å². The third-order valence-electron chi connectivity index (χ3n) is 3.06. The molecule has 0 saturated carbocycles. The van der Waals surface area contributed by atoms with Crippen LogP contribution in [0.4, 0.5) is 5.69 Å². The number of nitrogens with zero attached hydrogens (tertiary/aromatic N) is 1. The molecule has 17 heavy (non-hydrogen) atoms. The first-order valence-corrected chi connectivity index (χ1v) is 5.78. The first-order valence-electron chi connectivity index (χ1n) is 5.78. The van der Waals surface area contributed by atoms with E-state index < -0.39 is 5.97 Å². The second kappa shape index (κ2) is 4.75.